The van der Waals surface area contributed by atoms with Crippen LogP contribution >= 0.6 is 0 Å². The molecule has 120 valence electrons. The summed E-state index contributed by atoms with van der Waals surface area (Å²) in [5.74, 6) is 0.150. The Bertz CT molecular complexity index is 766. The molecule has 0 atom stereocenters. The van der Waals surface area contributed by atoms with Gasteiger partial charge in [0, 0.05) is 25.2 Å². The Morgan fingerprint density at radius 3 is 2.83 bits per heavy atom. The standard InChI is InChI=1S/C16H20N6O/c1-12-8-13(2)21(18-12)5-3-4-16(23)20-6-7-22-15(11-20)9-14(10-17)19-22/h8-9H,3-7,11H2,1-2H3. The molecule has 1 aliphatic rings. The maximum absolute atomic E-state index is 12.4. The van der Waals surface area contributed by atoms with Crippen molar-refractivity contribution in [3.8, 4) is 6.07 Å². The molecule has 23 heavy (non-hydrogen) atoms. The predicted octanol–water partition coefficient (Wildman–Crippen LogP) is 1.39. The highest BCUT2D eigenvalue weighted by atomic mass is 16.2. The fraction of sp³-hybridized carbons (Fsp3) is 0.500. The molecule has 0 unspecified atom stereocenters. The maximum Gasteiger partial charge on any atom is 0.223 e. The molecule has 0 saturated heterocycles. The summed E-state index contributed by atoms with van der Waals surface area (Å²) in [6, 6.07) is 5.84. The quantitative estimate of drug-likeness (QED) is 0.854. The summed E-state index contributed by atoms with van der Waals surface area (Å²) in [5.41, 5.74) is 3.48. The lowest BCUT2D eigenvalue weighted by Gasteiger charge is -2.27. The molecule has 3 rings (SSSR count). The van der Waals surface area contributed by atoms with Crippen molar-refractivity contribution in [2.45, 2.75) is 46.3 Å². The number of carbonyl (C=O) groups is 1. The number of hydrogen-bond acceptors (Lipinski definition) is 4. The highest BCUT2D eigenvalue weighted by Gasteiger charge is 2.22. The van der Waals surface area contributed by atoms with Crippen LogP contribution in [0.2, 0.25) is 0 Å². The lowest BCUT2D eigenvalue weighted by molar-refractivity contribution is -0.132. The number of amides is 1. The zero-order valence-corrected chi connectivity index (χ0v) is 13.5. The minimum atomic E-state index is 0.150. The van der Waals surface area contributed by atoms with Gasteiger partial charge in [-0.2, -0.15) is 15.5 Å². The van der Waals surface area contributed by atoms with Crippen LogP contribution in [0.1, 0.15) is 35.6 Å². The molecule has 2 aromatic rings. The SMILES string of the molecule is Cc1cc(C)n(CCCC(=O)N2CCn3nc(C#N)cc3C2)n1. The van der Waals surface area contributed by atoms with Gasteiger partial charge in [-0.25, -0.2) is 0 Å². The average molecular weight is 312 g/mol. The summed E-state index contributed by atoms with van der Waals surface area (Å²) < 4.78 is 3.77. The number of hydrogen-bond donors (Lipinski definition) is 0. The van der Waals surface area contributed by atoms with Crippen molar-refractivity contribution in [1.82, 2.24) is 24.5 Å². The van der Waals surface area contributed by atoms with Gasteiger partial charge < -0.3 is 4.90 Å². The van der Waals surface area contributed by atoms with Gasteiger partial charge in [-0.3, -0.25) is 14.2 Å². The highest BCUT2D eigenvalue weighted by Crippen LogP contribution is 2.15. The third-order valence-electron chi connectivity index (χ3n) is 4.13. The van der Waals surface area contributed by atoms with Gasteiger partial charge in [-0.15, -0.1) is 0 Å². The number of fused-ring (bicyclic) bond motifs is 1. The number of nitrogens with zero attached hydrogens (tertiary/aromatic N) is 6. The molecule has 0 radical (unpaired) electrons. The lowest BCUT2D eigenvalue weighted by Crippen LogP contribution is -2.38. The van der Waals surface area contributed by atoms with E-state index in [1.54, 1.807) is 6.07 Å². The van der Waals surface area contributed by atoms with Crippen LogP contribution in [0.4, 0.5) is 0 Å². The van der Waals surface area contributed by atoms with E-state index in [1.807, 2.05) is 40.2 Å². The molecule has 0 saturated carbocycles. The Balaban J connectivity index is 1.53. The van der Waals surface area contributed by atoms with Gasteiger partial charge in [-0.05, 0) is 32.4 Å². The van der Waals surface area contributed by atoms with Gasteiger partial charge in [0.05, 0.1) is 24.5 Å². The van der Waals surface area contributed by atoms with Crippen LogP contribution in [0.5, 0.6) is 0 Å². The van der Waals surface area contributed by atoms with Crippen LogP contribution in [0.15, 0.2) is 12.1 Å². The van der Waals surface area contributed by atoms with E-state index in [2.05, 4.69) is 10.2 Å². The van der Waals surface area contributed by atoms with E-state index in [0.717, 1.165) is 30.0 Å². The minimum absolute atomic E-state index is 0.150. The molecule has 0 aromatic carbocycles. The van der Waals surface area contributed by atoms with E-state index in [0.29, 0.717) is 31.7 Å². The van der Waals surface area contributed by atoms with Crippen molar-refractivity contribution < 1.29 is 4.79 Å². The van der Waals surface area contributed by atoms with Crippen LogP contribution in [-0.2, 0) is 24.4 Å². The second-order valence-corrected chi connectivity index (χ2v) is 5.92. The topological polar surface area (TPSA) is 79.7 Å². The summed E-state index contributed by atoms with van der Waals surface area (Å²) in [5, 5.41) is 17.5. The molecule has 1 amide bonds. The first-order valence-electron chi connectivity index (χ1n) is 7.82. The van der Waals surface area contributed by atoms with Crippen molar-refractivity contribution >= 4 is 5.91 Å². The van der Waals surface area contributed by atoms with E-state index in [1.165, 1.54) is 0 Å². The van der Waals surface area contributed by atoms with Crippen LogP contribution in [0.25, 0.3) is 0 Å². The van der Waals surface area contributed by atoms with Crippen molar-refractivity contribution in [2.24, 2.45) is 0 Å². The Morgan fingerprint density at radius 1 is 1.30 bits per heavy atom. The Labute approximate surface area is 135 Å². The second-order valence-electron chi connectivity index (χ2n) is 5.92. The molecular formula is C16H20N6O. The molecule has 7 heteroatoms. The van der Waals surface area contributed by atoms with Crippen LogP contribution in [0.3, 0.4) is 0 Å². The first-order chi connectivity index (χ1) is 11.1. The number of aryl methyl sites for hydroxylation is 3. The van der Waals surface area contributed by atoms with E-state index < -0.39 is 0 Å². The molecular weight excluding hydrogens is 292 g/mol. The molecule has 0 aliphatic carbocycles. The van der Waals surface area contributed by atoms with E-state index in [9.17, 15) is 4.79 Å². The van der Waals surface area contributed by atoms with Gasteiger partial charge >= 0.3 is 0 Å². The normalized spacial score (nSPS) is 13.7. The van der Waals surface area contributed by atoms with E-state index in [-0.39, 0.29) is 5.91 Å². The fourth-order valence-corrected chi connectivity index (χ4v) is 2.97. The average Bonchev–Trinajstić information content (AvgIpc) is 3.08. The zero-order chi connectivity index (χ0) is 16.4. The number of carbonyl (C=O) groups excluding carboxylic acids is 1. The molecule has 0 N–H and O–H groups in total. The Morgan fingerprint density at radius 2 is 2.13 bits per heavy atom. The molecule has 1 aliphatic heterocycles. The zero-order valence-electron chi connectivity index (χ0n) is 13.5. The van der Waals surface area contributed by atoms with Crippen LogP contribution < -0.4 is 0 Å². The minimum Gasteiger partial charge on any atom is -0.335 e. The summed E-state index contributed by atoms with van der Waals surface area (Å²) in [6.07, 6.45) is 1.29. The van der Waals surface area contributed by atoms with Gasteiger partial charge in [0.2, 0.25) is 5.91 Å². The summed E-state index contributed by atoms with van der Waals surface area (Å²) in [7, 11) is 0. The summed E-state index contributed by atoms with van der Waals surface area (Å²) in [6.45, 7) is 6.60. The molecule has 0 fully saturated rings. The summed E-state index contributed by atoms with van der Waals surface area (Å²) in [4.78, 5) is 14.2. The van der Waals surface area contributed by atoms with Crippen LogP contribution in [-0.4, -0.2) is 36.9 Å². The monoisotopic (exact) mass is 312 g/mol. The molecule has 7 nitrogen and oxygen atoms in total. The first-order valence-corrected chi connectivity index (χ1v) is 7.82. The van der Waals surface area contributed by atoms with Gasteiger partial charge in [0.1, 0.15) is 6.07 Å². The molecule has 3 heterocycles. The third kappa shape index (κ3) is 3.26. The van der Waals surface area contributed by atoms with Crippen molar-refractivity contribution in [2.75, 3.05) is 6.54 Å². The number of rotatable bonds is 4. The van der Waals surface area contributed by atoms with Crippen molar-refractivity contribution in [3.05, 3.63) is 34.9 Å². The Hall–Kier alpha value is -2.62. The third-order valence-corrected chi connectivity index (χ3v) is 4.13. The molecule has 0 spiro atoms. The fourth-order valence-electron chi connectivity index (χ4n) is 2.97. The second kappa shape index (κ2) is 6.24. The summed E-state index contributed by atoms with van der Waals surface area (Å²) >= 11 is 0. The van der Waals surface area contributed by atoms with Crippen molar-refractivity contribution in [3.63, 3.8) is 0 Å². The lowest BCUT2D eigenvalue weighted by atomic mass is 10.2. The van der Waals surface area contributed by atoms with E-state index >= 15 is 0 Å². The van der Waals surface area contributed by atoms with Gasteiger partial charge in [-0.1, -0.05) is 0 Å². The van der Waals surface area contributed by atoms with Crippen LogP contribution in [0, 0.1) is 25.2 Å². The smallest absolute Gasteiger partial charge is 0.223 e. The largest absolute Gasteiger partial charge is 0.335 e. The maximum atomic E-state index is 12.4. The predicted molar refractivity (Wildman–Crippen MR) is 83.3 cm³/mol. The molecule has 0 bridgehead atoms. The molecule has 2 aromatic heterocycles. The Kier molecular flexibility index (Phi) is 4.15. The number of aromatic nitrogens is 4. The van der Waals surface area contributed by atoms with E-state index in [4.69, 9.17) is 5.26 Å². The first kappa shape index (κ1) is 15.3. The van der Waals surface area contributed by atoms with Crippen molar-refractivity contribution in [1.29, 1.82) is 5.26 Å². The van der Waals surface area contributed by atoms with Gasteiger partial charge in [0.25, 0.3) is 0 Å². The number of nitriles is 1. The highest BCUT2D eigenvalue weighted by molar-refractivity contribution is 5.76. The van der Waals surface area contributed by atoms with Gasteiger partial charge in [0.15, 0.2) is 5.69 Å².